The van der Waals surface area contributed by atoms with Gasteiger partial charge in [0, 0.05) is 13.1 Å². The van der Waals surface area contributed by atoms with Crippen LogP contribution >= 0.6 is 11.6 Å². The summed E-state index contributed by atoms with van der Waals surface area (Å²) in [5.41, 5.74) is 5.13. The Hall–Kier alpha value is -2.39. The summed E-state index contributed by atoms with van der Waals surface area (Å²) < 4.78 is 0. The summed E-state index contributed by atoms with van der Waals surface area (Å²) in [5.74, 6) is 0.781. The zero-order chi connectivity index (χ0) is 14.9. The lowest BCUT2D eigenvalue weighted by molar-refractivity contribution is 0.791. The van der Waals surface area contributed by atoms with Crippen molar-refractivity contribution in [3.8, 4) is 11.1 Å². The molecular weight excluding hydrogens is 294 g/mol. The Balaban J connectivity index is 1.89. The van der Waals surface area contributed by atoms with E-state index in [2.05, 4.69) is 63.4 Å². The van der Waals surface area contributed by atoms with Crippen LogP contribution in [0.15, 0.2) is 61.1 Å². The van der Waals surface area contributed by atoms with Crippen LogP contribution in [0.2, 0.25) is 5.02 Å². The minimum atomic E-state index is 0.583. The third-order valence-electron chi connectivity index (χ3n) is 4.00. The molecule has 0 unspecified atom stereocenters. The molecule has 0 spiro atoms. The van der Waals surface area contributed by atoms with Gasteiger partial charge in [0.2, 0.25) is 0 Å². The van der Waals surface area contributed by atoms with Gasteiger partial charge in [0.1, 0.15) is 11.3 Å². The van der Waals surface area contributed by atoms with Crippen molar-refractivity contribution in [2.45, 2.75) is 13.1 Å². The van der Waals surface area contributed by atoms with Gasteiger partial charge >= 0.3 is 0 Å². The smallest absolute Gasteiger partial charge is 0.151 e. The van der Waals surface area contributed by atoms with Gasteiger partial charge in [0.25, 0.3) is 0 Å². The van der Waals surface area contributed by atoms with Crippen molar-refractivity contribution in [3.05, 3.63) is 77.2 Å². The minimum Gasteiger partial charge on any atom is -0.347 e. The summed E-state index contributed by atoms with van der Waals surface area (Å²) in [7, 11) is 0. The first kappa shape index (κ1) is 13.3. The molecule has 2 heterocycles. The minimum absolute atomic E-state index is 0.583. The Morgan fingerprint density at radius 2 is 1.45 bits per heavy atom. The first-order chi connectivity index (χ1) is 10.8. The van der Waals surface area contributed by atoms with E-state index >= 15 is 0 Å². The van der Waals surface area contributed by atoms with Gasteiger partial charge in [-0.25, -0.2) is 9.97 Å². The molecule has 0 N–H and O–H groups in total. The van der Waals surface area contributed by atoms with Crippen molar-refractivity contribution < 1.29 is 0 Å². The van der Waals surface area contributed by atoms with Crippen LogP contribution in [0.4, 0.5) is 5.82 Å². The second-order valence-electron chi connectivity index (χ2n) is 5.36. The number of hydrogen-bond acceptors (Lipinski definition) is 3. The molecule has 4 rings (SSSR count). The maximum Gasteiger partial charge on any atom is 0.151 e. The quantitative estimate of drug-likeness (QED) is 0.670. The second-order valence-corrected chi connectivity index (χ2v) is 5.77. The average Bonchev–Trinajstić information content (AvgIpc) is 2.72. The Bertz CT molecular complexity index is 784. The van der Waals surface area contributed by atoms with Crippen molar-refractivity contribution in [2.24, 2.45) is 0 Å². The van der Waals surface area contributed by atoms with E-state index in [1.165, 1.54) is 22.3 Å². The average molecular weight is 308 g/mol. The molecular formula is C18H14ClN3. The van der Waals surface area contributed by atoms with Gasteiger partial charge in [0.05, 0.1) is 6.20 Å². The number of rotatable bonds is 1. The van der Waals surface area contributed by atoms with Crippen LogP contribution in [0.1, 0.15) is 11.1 Å². The lowest BCUT2D eigenvalue weighted by atomic mass is 9.97. The van der Waals surface area contributed by atoms with E-state index in [1.807, 2.05) is 0 Å². The van der Waals surface area contributed by atoms with Crippen LogP contribution < -0.4 is 4.90 Å². The van der Waals surface area contributed by atoms with Crippen molar-refractivity contribution >= 4 is 17.4 Å². The molecule has 0 bridgehead atoms. The van der Waals surface area contributed by atoms with E-state index in [0.717, 1.165) is 18.9 Å². The van der Waals surface area contributed by atoms with Crippen LogP contribution in [0.25, 0.3) is 11.1 Å². The van der Waals surface area contributed by atoms with Crippen LogP contribution in [0, 0.1) is 0 Å². The molecule has 3 nitrogen and oxygen atoms in total. The fraction of sp³-hybridized carbons (Fsp3) is 0.111. The molecule has 2 aromatic carbocycles. The summed E-state index contributed by atoms with van der Waals surface area (Å²) in [4.78, 5) is 10.6. The van der Waals surface area contributed by atoms with E-state index in [9.17, 15) is 0 Å². The Morgan fingerprint density at radius 1 is 0.864 bits per heavy atom. The van der Waals surface area contributed by atoms with E-state index in [-0.39, 0.29) is 0 Å². The van der Waals surface area contributed by atoms with Gasteiger partial charge in [-0.2, -0.15) is 0 Å². The molecule has 22 heavy (non-hydrogen) atoms. The SMILES string of the molecule is Clc1cncnc1N1Cc2ccccc2-c2ccccc2C1. The molecule has 0 amide bonds. The van der Waals surface area contributed by atoms with Crippen molar-refractivity contribution in [2.75, 3.05) is 4.90 Å². The summed E-state index contributed by atoms with van der Waals surface area (Å²) in [6.45, 7) is 1.56. The Kier molecular flexibility index (Phi) is 3.28. The molecule has 3 aromatic rings. The maximum absolute atomic E-state index is 6.30. The third kappa shape index (κ3) is 2.24. The first-order valence-corrected chi connectivity index (χ1v) is 7.57. The molecule has 108 valence electrons. The lowest BCUT2D eigenvalue weighted by Crippen LogP contribution is -2.22. The van der Waals surface area contributed by atoms with Crippen molar-refractivity contribution in [1.82, 2.24) is 9.97 Å². The summed E-state index contributed by atoms with van der Waals surface area (Å²) in [6, 6.07) is 17.0. The van der Waals surface area contributed by atoms with Crippen LogP contribution in [-0.4, -0.2) is 9.97 Å². The van der Waals surface area contributed by atoms with Gasteiger partial charge in [0.15, 0.2) is 5.82 Å². The molecule has 1 aromatic heterocycles. The van der Waals surface area contributed by atoms with Gasteiger partial charge in [-0.05, 0) is 22.3 Å². The first-order valence-electron chi connectivity index (χ1n) is 7.19. The van der Waals surface area contributed by atoms with Gasteiger partial charge in [-0.3, -0.25) is 0 Å². The second kappa shape index (κ2) is 5.43. The van der Waals surface area contributed by atoms with E-state index in [0.29, 0.717) is 5.02 Å². The number of fused-ring (bicyclic) bond motifs is 3. The number of benzene rings is 2. The molecule has 0 saturated heterocycles. The fourth-order valence-corrected chi connectivity index (χ4v) is 3.22. The Labute approximate surface area is 134 Å². The van der Waals surface area contributed by atoms with Crippen LogP contribution in [-0.2, 0) is 13.1 Å². The maximum atomic E-state index is 6.30. The number of hydrogen-bond donors (Lipinski definition) is 0. The number of aromatic nitrogens is 2. The largest absolute Gasteiger partial charge is 0.347 e. The molecule has 1 aliphatic heterocycles. The summed E-state index contributed by atoms with van der Waals surface area (Å²) in [5, 5.41) is 0.583. The fourth-order valence-electron chi connectivity index (χ4n) is 3.00. The highest BCUT2D eigenvalue weighted by molar-refractivity contribution is 6.32. The zero-order valence-corrected chi connectivity index (χ0v) is 12.7. The molecule has 0 saturated carbocycles. The van der Waals surface area contributed by atoms with E-state index in [1.54, 1.807) is 12.5 Å². The van der Waals surface area contributed by atoms with Gasteiger partial charge < -0.3 is 4.90 Å². The normalized spacial score (nSPS) is 13.2. The predicted octanol–water partition coefficient (Wildman–Crippen LogP) is 4.32. The van der Waals surface area contributed by atoms with E-state index < -0.39 is 0 Å². The number of anilines is 1. The molecule has 0 radical (unpaired) electrons. The molecule has 0 aliphatic carbocycles. The zero-order valence-electron chi connectivity index (χ0n) is 11.9. The van der Waals surface area contributed by atoms with Gasteiger partial charge in [-0.1, -0.05) is 60.1 Å². The van der Waals surface area contributed by atoms with E-state index in [4.69, 9.17) is 11.6 Å². The molecule has 0 fully saturated rings. The highest BCUT2D eigenvalue weighted by atomic mass is 35.5. The number of nitrogens with zero attached hydrogens (tertiary/aromatic N) is 3. The van der Waals surface area contributed by atoms with Crippen LogP contribution in [0.5, 0.6) is 0 Å². The number of halogens is 1. The summed E-state index contributed by atoms with van der Waals surface area (Å²) >= 11 is 6.30. The lowest BCUT2D eigenvalue weighted by Gasteiger charge is -2.23. The Morgan fingerprint density at radius 3 is 2.05 bits per heavy atom. The van der Waals surface area contributed by atoms with Crippen molar-refractivity contribution in [3.63, 3.8) is 0 Å². The molecule has 0 atom stereocenters. The topological polar surface area (TPSA) is 29.0 Å². The molecule has 1 aliphatic rings. The standard InChI is InChI=1S/C18H14ClN3/c19-17-9-20-12-21-18(17)22-10-13-5-1-3-7-15(13)16-8-4-2-6-14(16)11-22/h1-9,12H,10-11H2. The van der Waals surface area contributed by atoms with Crippen molar-refractivity contribution in [1.29, 1.82) is 0 Å². The molecule has 4 heteroatoms. The van der Waals surface area contributed by atoms with Gasteiger partial charge in [-0.15, -0.1) is 0 Å². The predicted molar refractivity (Wildman–Crippen MR) is 88.8 cm³/mol. The highest BCUT2D eigenvalue weighted by Gasteiger charge is 2.21. The van der Waals surface area contributed by atoms with Crippen LogP contribution in [0.3, 0.4) is 0 Å². The highest BCUT2D eigenvalue weighted by Crippen LogP contribution is 2.35. The monoisotopic (exact) mass is 307 g/mol. The summed E-state index contributed by atoms with van der Waals surface area (Å²) in [6.07, 6.45) is 3.19. The third-order valence-corrected chi connectivity index (χ3v) is 4.26.